The highest BCUT2D eigenvalue weighted by Gasteiger charge is 2.26. The van der Waals surface area contributed by atoms with Crippen molar-refractivity contribution in [1.82, 2.24) is 4.98 Å². The van der Waals surface area contributed by atoms with Gasteiger partial charge in [0.25, 0.3) is 10.0 Å². The first-order valence-electron chi connectivity index (χ1n) is 9.33. The number of carbonyl (C=O) groups is 1. The van der Waals surface area contributed by atoms with E-state index >= 15 is 0 Å². The van der Waals surface area contributed by atoms with Gasteiger partial charge in [0.15, 0.2) is 5.75 Å². The highest BCUT2D eigenvalue weighted by atomic mass is 35.5. The zero-order chi connectivity index (χ0) is 23.0. The van der Waals surface area contributed by atoms with Gasteiger partial charge in [-0.15, -0.1) is 0 Å². The van der Waals surface area contributed by atoms with Gasteiger partial charge in [0.1, 0.15) is 17.3 Å². The molecular formula is C21H16ClFN2O6S. The quantitative estimate of drug-likeness (QED) is 0.420. The van der Waals surface area contributed by atoms with Gasteiger partial charge in [-0.1, -0.05) is 17.7 Å². The molecule has 2 aromatic carbocycles. The van der Waals surface area contributed by atoms with Crippen LogP contribution in [0.2, 0.25) is 5.02 Å². The van der Waals surface area contributed by atoms with Crippen LogP contribution < -0.4 is 9.46 Å². The monoisotopic (exact) mass is 478 g/mol. The summed E-state index contributed by atoms with van der Waals surface area (Å²) in [4.78, 5) is 15.6. The molecule has 0 saturated carbocycles. The highest BCUT2D eigenvalue weighted by molar-refractivity contribution is 7.92. The first-order chi connectivity index (χ1) is 15.2. The summed E-state index contributed by atoms with van der Waals surface area (Å²) < 4.78 is 53.2. The van der Waals surface area contributed by atoms with E-state index in [2.05, 4.69) is 9.71 Å². The minimum Gasteiger partial charge on any atom is -0.505 e. The van der Waals surface area contributed by atoms with Crippen molar-refractivity contribution >= 4 is 33.3 Å². The van der Waals surface area contributed by atoms with Gasteiger partial charge in [-0.25, -0.2) is 18.2 Å². The summed E-state index contributed by atoms with van der Waals surface area (Å²) in [6.45, 7) is 1.67. The van der Waals surface area contributed by atoms with E-state index in [9.17, 15) is 22.7 Å². The largest absolute Gasteiger partial charge is 0.505 e. The number of phenolic OH excluding ortho intramolecular Hbond substituents is 1. The van der Waals surface area contributed by atoms with Gasteiger partial charge in [-0.2, -0.15) is 4.39 Å². The molecule has 4 bridgehead atoms. The normalized spacial score (nSPS) is 14.7. The molecule has 32 heavy (non-hydrogen) atoms. The standard InChI is InChI=1S/C21H16ClFN2O6S/c1-2-30-17-4-3-11-6-16(17)25-32(28,29)18-7-12(5-15(22)20(18)26)21(27)31-10-13-8-19(23)24-9-14(11)13/h3-9,25-26H,2,10H2,1H3. The molecule has 2 heterocycles. The fourth-order valence-corrected chi connectivity index (χ4v) is 4.71. The topological polar surface area (TPSA) is 115 Å². The van der Waals surface area contributed by atoms with E-state index in [0.29, 0.717) is 16.7 Å². The number of pyridine rings is 1. The van der Waals surface area contributed by atoms with Gasteiger partial charge in [0, 0.05) is 23.4 Å². The second-order valence-electron chi connectivity index (χ2n) is 6.79. The van der Waals surface area contributed by atoms with Crippen molar-refractivity contribution in [3.05, 3.63) is 64.7 Å². The van der Waals surface area contributed by atoms with Crippen molar-refractivity contribution in [2.45, 2.75) is 18.4 Å². The summed E-state index contributed by atoms with van der Waals surface area (Å²) in [5, 5.41) is 9.92. The zero-order valence-corrected chi connectivity index (χ0v) is 18.1. The Labute approximate surface area is 187 Å². The number of halogens is 2. The summed E-state index contributed by atoms with van der Waals surface area (Å²) in [5.41, 5.74) is 1.06. The van der Waals surface area contributed by atoms with Crippen LogP contribution in [0.5, 0.6) is 11.5 Å². The van der Waals surface area contributed by atoms with E-state index in [1.807, 2.05) is 0 Å². The van der Waals surface area contributed by atoms with E-state index < -0.39 is 32.6 Å². The number of nitrogens with zero attached hydrogens (tertiary/aromatic N) is 1. The van der Waals surface area contributed by atoms with Gasteiger partial charge >= 0.3 is 5.97 Å². The predicted molar refractivity (Wildman–Crippen MR) is 114 cm³/mol. The number of aromatic nitrogens is 1. The third-order valence-corrected chi connectivity index (χ3v) is 6.37. The lowest BCUT2D eigenvalue weighted by Crippen LogP contribution is -2.15. The molecule has 2 N–H and O–H groups in total. The molecule has 3 aromatic rings. The lowest BCUT2D eigenvalue weighted by atomic mass is 10.0. The minimum atomic E-state index is -4.41. The van der Waals surface area contributed by atoms with Crippen LogP contribution in [-0.4, -0.2) is 31.1 Å². The molecule has 1 aliphatic heterocycles. The Balaban J connectivity index is 1.99. The molecule has 11 heteroatoms. The molecule has 166 valence electrons. The first kappa shape index (κ1) is 21.8. The number of rotatable bonds is 2. The summed E-state index contributed by atoms with van der Waals surface area (Å²) in [7, 11) is -4.41. The van der Waals surface area contributed by atoms with Crippen LogP contribution >= 0.6 is 11.6 Å². The summed E-state index contributed by atoms with van der Waals surface area (Å²) in [6, 6.07) is 7.80. The fraction of sp³-hybridized carbons (Fsp3) is 0.143. The third kappa shape index (κ3) is 4.06. The molecule has 0 spiro atoms. The summed E-state index contributed by atoms with van der Waals surface area (Å²) in [6.07, 6.45) is 1.26. The maximum Gasteiger partial charge on any atom is 0.338 e. The maximum absolute atomic E-state index is 13.8. The van der Waals surface area contributed by atoms with Gasteiger partial charge in [-0.05, 0) is 36.8 Å². The van der Waals surface area contributed by atoms with Crippen molar-refractivity contribution in [1.29, 1.82) is 0 Å². The number of benzene rings is 2. The number of esters is 1. The van der Waals surface area contributed by atoms with E-state index in [4.69, 9.17) is 21.1 Å². The molecule has 0 amide bonds. The van der Waals surface area contributed by atoms with Crippen molar-refractivity contribution in [2.75, 3.05) is 11.3 Å². The van der Waals surface area contributed by atoms with Crippen LogP contribution in [0, 0.1) is 5.95 Å². The summed E-state index contributed by atoms with van der Waals surface area (Å²) >= 11 is 5.97. The van der Waals surface area contributed by atoms with Crippen molar-refractivity contribution < 1.29 is 32.2 Å². The number of aromatic hydroxyl groups is 1. The molecule has 0 atom stereocenters. The first-order valence-corrected chi connectivity index (χ1v) is 11.2. The second-order valence-corrected chi connectivity index (χ2v) is 8.85. The number of hydrogen-bond donors (Lipinski definition) is 2. The van der Waals surface area contributed by atoms with Gasteiger partial charge in [-0.3, -0.25) is 4.72 Å². The lowest BCUT2D eigenvalue weighted by Gasteiger charge is -2.16. The van der Waals surface area contributed by atoms with E-state index in [1.165, 1.54) is 12.3 Å². The number of phenols is 1. The van der Waals surface area contributed by atoms with Crippen molar-refractivity contribution in [2.24, 2.45) is 0 Å². The Morgan fingerprint density at radius 1 is 1.25 bits per heavy atom. The number of cyclic esters (lactones) is 1. The Bertz CT molecular complexity index is 1350. The number of sulfonamides is 1. The minimum absolute atomic E-state index is 0.0621. The van der Waals surface area contributed by atoms with Crippen LogP contribution in [-0.2, 0) is 21.4 Å². The van der Waals surface area contributed by atoms with Crippen molar-refractivity contribution in [3.63, 3.8) is 0 Å². The molecular weight excluding hydrogens is 463 g/mol. The second kappa shape index (κ2) is 8.29. The number of anilines is 1. The smallest absolute Gasteiger partial charge is 0.338 e. The Morgan fingerprint density at radius 2 is 2.03 bits per heavy atom. The molecule has 0 fully saturated rings. The predicted octanol–water partition coefficient (Wildman–Crippen LogP) is 4.12. The number of carbonyl (C=O) groups excluding carboxylic acids is 1. The highest BCUT2D eigenvalue weighted by Crippen LogP contribution is 2.38. The molecule has 0 unspecified atom stereocenters. The number of hydrogen-bond acceptors (Lipinski definition) is 7. The zero-order valence-electron chi connectivity index (χ0n) is 16.6. The van der Waals surface area contributed by atoms with Crippen LogP contribution in [0.15, 0.2) is 47.5 Å². The molecule has 0 aliphatic carbocycles. The Kier molecular flexibility index (Phi) is 5.66. The number of fused-ring (bicyclic) bond motifs is 6. The molecule has 1 aromatic heterocycles. The van der Waals surface area contributed by atoms with E-state index in [-0.39, 0.29) is 35.2 Å². The SMILES string of the molecule is CCOc1ccc2cc1NS(=O)(=O)c1cc(cc(Cl)c1O)C(=O)OCc1cc(F)ncc1-2. The van der Waals surface area contributed by atoms with Gasteiger partial charge in [0.05, 0.1) is 22.9 Å². The molecule has 8 nitrogen and oxygen atoms in total. The van der Waals surface area contributed by atoms with E-state index in [1.54, 1.807) is 19.1 Å². The van der Waals surface area contributed by atoms with Crippen LogP contribution in [0.25, 0.3) is 11.1 Å². The van der Waals surface area contributed by atoms with Crippen LogP contribution in [0.4, 0.5) is 10.1 Å². The third-order valence-electron chi connectivity index (χ3n) is 4.70. The Hall–Kier alpha value is -3.37. The molecule has 1 aliphatic rings. The lowest BCUT2D eigenvalue weighted by molar-refractivity contribution is 0.0472. The van der Waals surface area contributed by atoms with Crippen molar-refractivity contribution in [3.8, 4) is 22.6 Å². The molecule has 4 rings (SSSR count). The fourth-order valence-electron chi connectivity index (χ4n) is 3.23. The summed E-state index contributed by atoms with van der Waals surface area (Å²) in [5.74, 6) is -2.19. The van der Waals surface area contributed by atoms with Crippen LogP contribution in [0.1, 0.15) is 22.8 Å². The van der Waals surface area contributed by atoms with Gasteiger partial charge < -0.3 is 14.6 Å². The Morgan fingerprint density at radius 3 is 2.78 bits per heavy atom. The van der Waals surface area contributed by atoms with Crippen LogP contribution in [0.3, 0.4) is 0 Å². The maximum atomic E-state index is 13.8. The average molecular weight is 479 g/mol. The number of ether oxygens (including phenoxy) is 2. The molecule has 0 saturated heterocycles. The average Bonchev–Trinajstić information content (AvgIpc) is 2.74. The van der Waals surface area contributed by atoms with E-state index in [0.717, 1.165) is 18.2 Å². The number of nitrogens with one attached hydrogen (secondary N) is 1. The van der Waals surface area contributed by atoms with Gasteiger partial charge in [0.2, 0.25) is 5.95 Å². The molecule has 0 radical (unpaired) electrons.